The van der Waals surface area contributed by atoms with Crippen LogP contribution in [0.5, 0.6) is 0 Å². The first-order valence-corrected chi connectivity index (χ1v) is 8.36. The van der Waals surface area contributed by atoms with E-state index in [0.29, 0.717) is 13.1 Å². The maximum Gasteiger partial charge on any atom is 0.211 e. The largest absolute Gasteiger partial charge is 0.330 e. The van der Waals surface area contributed by atoms with Gasteiger partial charge in [0.05, 0.1) is 5.75 Å². The number of rotatable bonds is 7. The van der Waals surface area contributed by atoms with Crippen LogP contribution in [0.2, 0.25) is 0 Å². The van der Waals surface area contributed by atoms with Crippen molar-refractivity contribution in [3.63, 3.8) is 0 Å². The van der Waals surface area contributed by atoms with E-state index in [1.54, 1.807) is 0 Å². The topological polar surface area (TPSA) is 72.2 Å². The van der Waals surface area contributed by atoms with Crippen molar-refractivity contribution in [3.05, 3.63) is 0 Å². The third kappa shape index (κ3) is 4.94. The molecule has 0 unspecified atom stereocenters. The number of nitrogens with two attached hydrogens (primary N) is 1. The number of sulfonamides is 1. The molecule has 102 valence electrons. The van der Waals surface area contributed by atoms with Crippen molar-refractivity contribution in [3.8, 4) is 0 Å². The summed E-state index contributed by atoms with van der Waals surface area (Å²) >= 11 is 0. The second kappa shape index (κ2) is 6.71. The van der Waals surface area contributed by atoms with Crippen molar-refractivity contribution in [2.24, 2.45) is 11.1 Å². The fourth-order valence-corrected chi connectivity index (χ4v) is 3.76. The number of nitrogens with one attached hydrogen (secondary N) is 1. The number of hydrogen-bond acceptors (Lipinski definition) is 3. The van der Waals surface area contributed by atoms with Gasteiger partial charge in [-0.2, -0.15) is 0 Å². The van der Waals surface area contributed by atoms with Gasteiger partial charge in [-0.3, -0.25) is 0 Å². The molecule has 5 heteroatoms. The second-order valence-corrected chi connectivity index (χ2v) is 7.18. The van der Waals surface area contributed by atoms with Gasteiger partial charge in [-0.1, -0.05) is 32.6 Å². The minimum absolute atomic E-state index is 0.0114. The van der Waals surface area contributed by atoms with Crippen molar-refractivity contribution >= 4 is 10.0 Å². The summed E-state index contributed by atoms with van der Waals surface area (Å²) < 4.78 is 26.2. The van der Waals surface area contributed by atoms with Crippen LogP contribution in [-0.2, 0) is 10.0 Å². The maximum atomic E-state index is 11.7. The zero-order chi connectivity index (χ0) is 12.8. The highest BCUT2D eigenvalue weighted by atomic mass is 32.2. The summed E-state index contributed by atoms with van der Waals surface area (Å²) in [5, 5.41) is 0. The van der Waals surface area contributed by atoms with Gasteiger partial charge in [-0.25, -0.2) is 13.1 Å². The lowest BCUT2D eigenvalue weighted by atomic mass is 9.74. The molecular weight excluding hydrogens is 236 g/mol. The zero-order valence-corrected chi connectivity index (χ0v) is 11.7. The summed E-state index contributed by atoms with van der Waals surface area (Å²) in [5.74, 6) is 0.240. The summed E-state index contributed by atoms with van der Waals surface area (Å²) in [5.41, 5.74) is 5.84. The second-order valence-electron chi connectivity index (χ2n) is 5.26. The van der Waals surface area contributed by atoms with Gasteiger partial charge in [0, 0.05) is 6.54 Å². The highest BCUT2D eigenvalue weighted by Crippen LogP contribution is 2.34. The molecule has 1 aliphatic carbocycles. The van der Waals surface area contributed by atoms with Crippen molar-refractivity contribution in [2.75, 3.05) is 18.8 Å². The van der Waals surface area contributed by atoms with Crippen LogP contribution in [0.4, 0.5) is 0 Å². The molecule has 3 N–H and O–H groups in total. The molecule has 1 rings (SSSR count). The van der Waals surface area contributed by atoms with E-state index in [9.17, 15) is 8.42 Å². The molecule has 0 aromatic rings. The monoisotopic (exact) mass is 262 g/mol. The van der Waals surface area contributed by atoms with E-state index in [1.165, 1.54) is 19.3 Å². The van der Waals surface area contributed by atoms with E-state index in [-0.39, 0.29) is 11.2 Å². The fraction of sp³-hybridized carbons (Fsp3) is 1.00. The number of unbranched alkanes of at least 4 members (excludes halogenated alkanes) is 1. The molecule has 1 aliphatic rings. The molecule has 1 fully saturated rings. The molecule has 4 nitrogen and oxygen atoms in total. The summed E-state index contributed by atoms with van der Waals surface area (Å²) in [4.78, 5) is 0. The van der Waals surface area contributed by atoms with Crippen molar-refractivity contribution in [1.29, 1.82) is 0 Å². The van der Waals surface area contributed by atoms with Crippen LogP contribution in [0.25, 0.3) is 0 Å². The van der Waals surface area contributed by atoms with Crippen LogP contribution in [0.1, 0.15) is 51.9 Å². The Morgan fingerprint density at radius 1 is 1.24 bits per heavy atom. The zero-order valence-electron chi connectivity index (χ0n) is 10.9. The molecule has 0 bridgehead atoms. The van der Waals surface area contributed by atoms with Crippen LogP contribution < -0.4 is 10.5 Å². The van der Waals surface area contributed by atoms with Gasteiger partial charge in [-0.15, -0.1) is 0 Å². The Labute approximate surface area is 105 Å². The average Bonchev–Trinajstić information content (AvgIpc) is 2.35. The summed E-state index contributed by atoms with van der Waals surface area (Å²) in [6.45, 7) is 3.11. The van der Waals surface area contributed by atoms with Gasteiger partial charge in [0.15, 0.2) is 0 Å². The van der Waals surface area contributed by atoms with E-state index in [0.717, 1.165) is 25.7 Å². The Morgan fingerprint density at radius 3 is 2.41 bits per heavy atom. The maximum absolute atomic E-state index is 11.7. The predicted molar refractivity (Wildman–Crippen MR) is 71.3 cm³/mol. The third-order valence-corrected chi connectivity index (χ3v) is 5.19. The Bertz CT molecular complexity index is 308. The average molecular weight is 262 g/mol. The standard InChI is InChI=1S/C12H26N2O2S/c1-2-3-9-17(15,16)14-11-12(10-13)7-5-4-6-8-12/h14H,2-11,13H2,1H3. The molecule has 0 aromatic heterocycles. The molecule has 17 heavy (non-hydrogen) atoms. The molecular formula is C12H26N2O2S. The van der Waals surface area contributed by atoms with Gasteiger partial charge in [0.1, 0.15) is 0 Å². The van der Waals surface area contributed by atoms with Crippen LogP contribution in [0.15, 0.2) is 0 Å². The Morgan fingerprint density at radius 2 is 1.88 bits per heavy atom. The van der Waals surface area contributed by atoms with Crippen LogP contribution >= 0.6 is 0 Å². The predicted octanol–water partition coefficient (Wildman–Crippen LogP) is 1.62. The van der Waals surface area contributed by atoms with Gasteiger partial charge in [0.2, 0.25) is 10.0 Å². The molecule has 0 amide bonds. The molecule has 0 saturated heterocycles. The van der Waals surface area contributed by atoms with E-state index in [4.69, 9.17) is 5.73 Å². The van der Waals surface area contributed by atoms with Crippen LogP contribution in [0.3, 0.4) is 0 Å². The van der Waals surface area contributed by atoms with E-state index < -0.39 is 10.0 Å². The van der Waals surface area contributed by atoms with Gasteiger partial charge in [-0.05, 0) is 31.2 Å². The molecule has 0 radical (unpaired) electrons. The van der Waals surface area contributed by atoms with E-state index in [2.05, 4.69) is 4.72 Å². The molecule has 1 saturated carbocycles. The highest BCUT2D eigenvalue weighted by Gasteiger charge is 2.31. The summed E-state index contributed by atoms with van der Waals surface area (Å²) in [6, 6.07) is 0. The smallest absolute Gasteiger partial charge is 0.211 e. The van der Waals surface area contributed by atoms with Crippen molar-refractivity contribution in [1.82, 2.24) is 4.72 Å². The highest BCUT2D eigenvalue weighted by molar-refractivity contribution is 7.89. The van der Waals surface area contributed by atoms with Crippen LogP contribution in [0, 0.1) is 5.41 Å². The minimum atomic E-state index is -3.10. The molecule has 0 aliphatic heterocycles. The Balaban J connectivity index is 2.46. The lowest BCUT2D eigenvalue weighted by Crippen LogP contribution is -2.44. The molecule has 0 heterocycles. The normalized spacial score (nSPS) is 20.4. The van der Waals surface area contributed by atoms with Crippen LogP contribution in [-0.4, -0.2) is 27.3 Å². The van der Waals surface area contributed by atoms with Gasteiger partial charge < -0.3 is 5.73 Å². The van der Waals surface area contributed by atoms with Gasteiger partial charge in [0.25, 0.3) is 0 Å². The fourth-order valence-electron chi connectivity index (χ4n) is 2.42. The van der Waals surface area contributed by atoms with Crippen molar-refractivity contribution < 1.29 is 8.42 Å². The molecule has 0 spiro atoms. The van der Waals surface area contributed by atoms with Gasteiger partial charge >= 0.3 is 0 Å². The summed E-state index contributed by atoms with van der Waals surface area (Å²) in [7, 11) is -3.10. The lowest BCUT2D eigenvalue weighted by molar-refractivity contribution is 0.202. The van der Waals surface area contributed by atoms with Crippen molar-refractivity contribution in [2.45, 2.75) is 51.9 Å². The Hall–Kier alpha value is -0.130. The Kier molecular flexibility index (Phi) is 5.89. The molecule has 0 aromatic carbocycles. The first-order chi connectivity index (χ1) is 8.04. The first-order valence-electron chi connectivity index (χ1n) is 6.71. The molecule has 0 atom stereocenters. The lowest BCUT2D eigenvalue weighted by Gasteiger charge is -2.36. The first kappa shape index (κ1) is 14.9. The summed E-state index contributed by atoms with van der Waals surface area (Å²) in [6.07, 6.45) is 7.35. The quantitative estimate of drug-likeness (QED) is 0.732. The van der Waals surface area contributed by atoms with E-state index in [1.807, 2.05) is 6.92 Å². The SMILES string of the molecule is CCCCS(=O)(=O)NCC1(CN)CCCCC1. The minimum Gasteiger partial charge on any atom is -0.330 e. The third-order valence-electron chi connectivity index (χ3n) is 3.78. The number of hydrogen-bond donors (Lipinski definition) is 2. The van der Waals surface area contributed by atoms with E-state index >= 15 is 0 Å².